The van der Waals surface area contributed by atoms with E-state index in [2.05, 4.69) is 4.98 Å². The van der Waals surface area contributed by atoms with Gasteiger partial charge in [0.2, 0.25) is 0 Å². The van der Waals surface area contributed by atoms with Crippen molar-refractivity contribution in [3.05, 3.63) is 93.5 Å². The highest BCUT2D eigenvalue weighted by molar-refractivity contribution is 6.31. The van der Waals surface area contributed by atoms with Gasteiger partial charge < -0.3 is 4.74 Å². The van der Waals surface area contributed by atoms with E-state index in [0.29, 0.717) is 27.9 Å². The molecule has 1 fully saturated rings. The average molecular weight is 466 g/mol. The topological polar surface area (TPSA) is 56.3 Å². The predicted octanol–water partition coefficient (Wildman–Crippen LogP) is 5.82. The number of carbonyl (C=O) groups is 2. The van der Waals surface area contributed by atoms with E-state index >= 15 is 0 Å². The first kappa shape index (κ1) is 23.1. The highest BCUT2D eigenvalue weighted by atomic mass is 35.5. The lowest BCUT2D eigenvalue weighted by Crippen LogP contribution is -2.09. The molecule has 1 saturated carbocycles. The molecule has 0 unspecified atom stereocenters. The molecule has 170 valence electrons. The van der Waals surface area contributed by atoms with Crippen LogP contribution in [0.3, 0.4) is 0 Å². The van der Waals surface area contributed by atoms with E-state index in [1.165, 1.54) is 31.4 Å². The van der Waals surface area contributed by atoms with Crippen molar-refractivity contribution in [2.45, 2.75) is 51.6 Å². The second-order valence-electron chi connectivity index (χ2n) is 8.59. The van der Waals surface area contributed by atoms with E-state index in [0.717, 1.165) is 11.1 Å². The van der Waals surface area contributed by atoms with E-state index in [9.17, 15) is 14.0 Å². The molecule has 0 bridgehead atoms. The van der Waals surface area contributed by atoms with Crippen LogP contribution in [0.1, 0.15) is 53.6 Å². The monoisotopic (exact) mass is 465 g/mol. The second kappa shape index (κ2) is 10.3. The van der Waals surface area contributed by atoms with Gasteiger partial charge in [-0.1, -0.05) is 29.8 Å². The predicted molar refractivity (Wildman–Crippen MR) is 125 cm³/mol. The third-order valence-corrected chi connectivity index (χ3v) is 6.00. The molecule has 0 radical (unpaired) electrons. The van der Waals surface area contributed by atoms with Crippen LogP contribution in [-0.2, 0) is 35.5 Å². The number of halogens is 2. The van der Waals surface area contributed by atoms with Crippen LogP contribution >= 0.6 is 11.6 Å². The van der Waals surface area contributed by atoms with Crippen molar-refractivity contribution in [3.8, 4) is 5.75 Å². The molecule has 4 rings (SSSR count). The standard InChI is InChI=1S/C27H25ClFNO3/c1-17(31)10-23-11-18(8-9-30-23)16-33-25-6-4-21(27(29)15-25)13-24(32)14-22-12-20(19-2-3-19)5-7-26(22)28/h4-9,11-12,15,19H,2-3,10,13-14,16H2,1H3. The molecular weight excluding hydrogens is 441 g/mol. The van der Waals surface area contributed by atoms with Crippen LogP contribution in [0, 0.1) is 5.82 Å². The second-order valence-corrected chi connectivity index (χ2v) is 9.00. The van der Waals surface area contributed by atoms with Gasteiger partial charge in [0.1, 0.15) is 29.7 Å². The number of hydrogen-bond donors (Lipinski definition) is 0. The van der Waals surface area contributed by atoms with E-state index in [-0.39, 0.29) is 37.4 Å². The summed E-state index contributed by atoms with van der Waals surface area (Å²) >= 11 is 6.28. The van der Waals surface area contributed by atoms with Gasteiger partial charge in [-0.2, -0.15) is 0 Å². The van der Waals surface area contributed by atoms with Crippen LogP contribution < -0.4 is 4.74 Å². The van der Waals surface area contributed by atoms with Gasteiger partial charge in [-0.15, -0.1) is 0 Å². The van der Waals surface area contributed by atoms with Crippen LogP contribution in [0.25, 0.3) is 0 Å². The minimum Gasteiger partial charge on any atom is -0.489 e. The maximum absolute atomic E-state index is 14.6. The van der Waals surface area contributed by atoms with Crippen molar-refractivity contribution >= 4 is 23.2 Å². The molecule has 1 heterocycles. The van der Waals surface area contributed by atoms with Crippen LogP contribution in [-0.4, -0.2) is 16.6 Å². The first-order valence-corrected chi connectivity index (χ1v) is 11.4. The summed E-state index contributed by atoms with van der Waals surface area (Å²) in [5.74, 6) is 0.409. The molecule has 3 aromatic rings. The number of hydrogen-bond acceptors (Lipinski definition) is 4. The maximum Gasteiger partial charge on any atom is 0.141 e. The summed E-state index contributed by atoms with van der Waals surface area (Å²) in [5, 5.41) is 0.569. The number of aromatic nitrogens is 1. The zero-order valence-electron chi connectivity index (χ0n) is 18.4. The van der Waals surface area contributed by atoms with E-state index < -0.39 is 5.82 Å². The lowest BCUT2D eigenvalue weighted by atomic mass is 9.99. The summed E-state index contributed by atoms with van der Waals surface area (Å²) in [7, 11) is 0. The number of rotatable bonds is 10. The fraction of sp³-hybridized carbons (Fsp3) is 0.296. The minimum atomic E-state index is -0.481. The highest BCUT2D eigenvalue weighted by Gasteiger charge is 2.24. The zero-order valence-corrected chi connectivity index (χ0v) is 19.2. The Morgan fingerprint density at radius 1 is 1.03 bits per heavy atom. The third-order valence-electron chi connectivity index (χ3n) is 5.63. The molecule has 1 aliphatic carbocycles. The van der Waals surface area contributed by atoms with Crippen LogP contribution in [0.15, 0.2) is 54.7 Å². The van der Waals surface area contributed by atoms with E-state index in [4.69, 9.17) is 16.3 Å². The van der Waals surface area contributed by atoms with E-state index in [1.54, 1.807) is 30.5 Å². The summed E-state index contributed by atoms with van der Waals surface area (Å²) < 4.78 is 20.3. The molecule has 0 amide bonds. The third kappa shape index (κ3) is 6.48. The molecule has 1 aliphatic rings. The summed E-state index contributed by atoms with van der Waals surface area (Å²) in [5.41, 5.74) is 3.86. The molecular formula is C27H25ClFNO3. The van der Waals surface area contributed by atoms with E-state index in [1.807, 2.05) is 18.2 Å². The number of benzene rings is 2. The quantitative estimate of drug-likeness (QED) is 0.379. The van der Waals surface area contributed by atoms with Gasteiger partial charge in [0.25, 0.3) is 0 Å². The van der Waals surface area contributed by atoms with Crippen molar-refractivity contribution in [1.29, 1.82) is 0 Å². The van der Waals surface area contributed by atoms with Gasteiger partial charge in [0.05, 0.1) is 0 Å². The Labute approximate surface area is 197 Å². The van der Waals surface area contributed by atoms with Crippen molar-refractivity contribution in [1.82, 2.24) is 4.98 Å². The minimum absolute atomic E-state index is 0.00510. The number of ether oxygens (including phenoxy) is 1. The highest BCUT2D eigenvalue weighted by Crippen LogP contribution is 2.41. The van der Waals surface area contributed by atoms with Crippen LogP contribution in [0.4, 0.5) is 4.39 Å². The van der Waals surface area contributed by atoms with Crippen molar-refractivity contribution in [2.75, 3.05) is 0 Å². The zero-order chi connectivity index (χ0) is 23.4. The van der Waals surface area contributed by atoms with Crippen molar-refractivity contribution in [3.63, 3.8) is 0 Å². The molecule has 6 heteroatoms. The molecule has 0 N–H and O–H groups in total. The molecule has 0 aliphatic heterocycles. The van der Waals surface area contributed by atoms with Crippen LogP contribution in [0.5, 0.6) is 5.75 Å². The van der Waals surface area contributed by atoms with Gasteiger partial charge >= 0.3 is 0 Å². The lowest BCUT2D eigenvalue weighted by Gasteiger charge is -2.10. The Bertz CT molecular complexity index is 1190. The fourth-order valence-corrected chi connectivity index (χ4v) is 3.97. The number of nitrogens with zero attached hydrogens (tertiary/aromatic N) is 1. The first-order valence-electron chi connectivity index (χ1n) is 11.0. The summed E-state index contributed by atoms with van der Waals surface area (Å²) in [6.07, 6.45) is 4.42. The molecule has 0 spiro atoms. The number of carbonyl (C=O) groups excluding carboxylic acids is 2. The fourth-order valence-electron chi connectivity index (χ4n) is 3.79. The first-order chi connectivity index (χ1) is 15.9. The molecule has 33 heavy (non-hydrogen) atoms. The van der Waals surface area contributed by atoms with Crippen molar-refractivity contribution in [2.24, 2.45) is 0 Å². The Morgan fingerprint density at radius 3 is 2.55 bits per heavy atom. The molecule has 2 aromatic carbocycles. The molecule has 0 atom stereocenters. The van der Waals surface area contributed by atoms with Gasteiger partial charge in [0, 0.05) is 42.2 Å². The average Bonchev–Trinajstić information content (AvgIpc) is 3.61. The Balaban J connectivity index is 1.35. The molecule has 1 aromatic heterocycles. The Hall–Kier alpha value is -3.05. The number of Topliss-reactive ketones (excluding diaryl/α,β-unsaturated/α-hetero) is 2. The largest absolute Gasteiger partial charge is 0.489 e. The van der Waals surface area contributed by atoms with Gasteiger partial charge in [-0.25, -0.2) is 4.39 Å². The van der Waals surface area contributed by atoms with Gasteiger partial charge in [0.15, 0.2) is 0 Å². The molecule has 4 nitrogen and oxygen atoms in total. The smallest absolute Gasteiger partial charge is 0.141 e. The SMILES string of the molecule is CC(=O)Cc1cc(COc2ccc(CC(=O)Cc3cc(C4CC4)ccc3Cl)c(F)c2)ccn1. The maximum atomic E-state index is 14.6. The summed E-state index contributed by atoms with van der Waals surface area (Å²) in [6, 6.07) is 14.0. The Morgan fingerprint density at radius 2 is 1.82 bits per heavy atom. The lowest BCUT2D eigenvalue weighted by molar-refractivity contribution is -0.118. The summed E-state index contributed by atoms with van der Waals surface area (Å²) in [6.45, 7) is 1.74. The summed E-state index contributed by atoms with van der Waals surface area (Å²) in [4.78, 5) is 28.0. The number of pyridine rings is 1. The van der Waals surface area contributed by atoms with Crippen molar-refractivity contribution < 1.29 is 18.7 Å². The molecule has 0 saturated heterocycles. The number of ketones is 2. The van der Waals surface area contributed by atoms with Gasteiger partial charge in [-0.3, -0.25) is 14.6 Å². The van der Waals surface area contributed by atoms with Gasteiger partial charge in [-0.05, 0) is 72.2 Å². The van der Waals surface area contributed by atoms with Crippen LogP contribution in [0.2, 0.25) is 5.02 Å². The Kier molecular flexibility index (Phi) is 7.19. The normalized spacial score (nSPS) is 13.1.